The molecular formula is C25H34N4O3. The maximum atomic E-state index is 13.2. The number of piperazine rings is 1. The minimum atomic E-state index is -0.191. The Morgan fingerprint density at radius 2 is 1.91 bits per heavy atom. The first kappa shape index (κ1) is 24.0. The number of carbonyl (C=O) groups is 2. The van der Waals surface area contributed by atoms with Crippen LogP contribution in [0.25, 0.3) is 0 Å². The summed E-state index contributed by atoms with van der Waals surface area (Å²) < 4.78 is 4.25. The van der Waals surface area contributed by atoms with Gasteiger partial charge in [0.05, 0.1) is 12.2 Å². The monoisotopic (exact) mass is 438 g/mol. The smallest absolute Gasteiger partial charge is 0.241 e. The van der Waals surface area contributed by atoms with Gasteiger partial charge in [-0.1, -0.05) is 44.2 Å². The molecule has 1 unspecified atom stereocenters. The van der Waals surface area contributed by atoms with Crippen molar-refractivity contribution in [1.29, 1.82) is 0 Å². The van der Waals surface area contributed by atoms with Crippen LogP contribution in [0.15, 0.2) is 42.6 Å². The number of aromatic nitrogens is 1. The second-order valence-corrected chi connectivity index (χ2v) is 9.14. The lowest BCUT2D eigenvalue weighted by Crippen LogP contribution is -2.52. The third-order valence-electron chi connectivity index (χ3n) is 5.84. The van der Waals surface area contributed by atoms with Crippen LogP contribution in [0.5, 0.6) is 0 Å². The van der Waals surface area contributed by atoms with Gasteiger partial charge in [-0.15, -0.1) is 0 Å². The number of ether oxygens (including phenoxy) is 1. The molecule has 32 heavy (non-hydrogen) atoms. The summed E-state index contributed by atoms with van der Waals surface area (Å²) in [7, 11) is 3.25. The van der Waals surface area contributed by atoms with Gasteiger partial charge in [0, 0.05) is 69.2 Å². The number of hydrogen-bond donors (Lipinski definition) is 1. The van der Waals surface area contributed by atoms with Gasteiger partial charge in [0.25, 0.3) is 0 Å². The lowest BCUT2D eigenvalue weighted by atomic mass is 9.88. The maximum Gasteiger partial charge on any atom is 0.241 e. The zero-order valence-corrected chi connectivity index (χ0v) is 19.7. The van der Waals surface area contributed by atoms with Gasteiger partial charge in [-0.05, 0) is 13.0 Å². The Balaban J connectivity index is 0.000000913. The van der Waals surface area contributed by atoms with E-state index in [4.69, 9.17) is 0 Å². The molecule has 1 N–H and O–H groups in total. The van der Waals surface area contributed by atoms with Crippen LogP contribution in [0.2, 0.25) is 0 Å². The zero-order valence-electron chi connectivity index (χ0n) is 19.7. The van der Waals surface area contributed by atoms with E-state index in [9.17, 15) is 9.59 Å². The summed E-state index contributed by atoms with van der Waals surface area (Å²) in [6, 6.07) is 11.3. The Morgan fingerprint density at radius 1 is 1.22 bits per heavy atom. The number of methoxy groups -OCH3 is 1. The summed E-state index contributed by atoms with van der Waals surface area (Å²) in [4.78, 5) is 34.5. The molecule has 1 amide bonds. The summed E-state index contributed by atoms with van der Waals surface area (Å²) in [6.45, 7) is 10.0. The Labute approximate surface area is 190 Å². The number of nitrogens with one attached hydrogen (secondary N) is 1. The standard InChI is InChI=1S/C23H28N4O2.C2H6O/c1-16-13-26(10-9-24-16)14-21(28)27-15-23(2,3)18-12-25-19(11-20(18)27)22(29)17-7-5-4-6-8-17;1-3-2/h4-8,11-12,16,24H,9-10,13-15H2,1-3H3;1-2H3. The molecule has 7 heteroatoms. The molecule has 0 radical (unpaired) electrons. The molecule has 0 spiro atoms. The average molecular weight is 439 g/mol. The maximum absolute atomic E-state index is 13.2. The molecule has 172 valence electrons. The minimum Gasteiger partial charge on any atom is -0.388 e. The molecule has 1 fully saturated rings. The van der Waals surface area contributed by atoms with Gasteiger partial charge < -0.3 is 15.0 Å². The van der Waals surface area contributed by atoms with Crippen molar-refractivity contribution in [2.24, 2.45) is 0 Å². The molecule has 4 rings (SSSR count). The lowest BCUT2D eigenvalue weighted by molar-refractivity contribution is -0.120. The van der Waals surface area contributed by atoms with Crippen LogP contribution in [0, 0.1) is 0 Å². The van der Waals surface area contributed by atoms with Gasteiger partial charge in [0.15, 0.2) is 0 Å². The fourth-order valence-electron chi connectivity index (χ4n) is 4.27. The van der Waals surface area contributed by atoms with Crippen molar-refractivity contribution in [3.63, 3.8) is 0 Å². The quantitative estimate of drug-likeness (QED) is 0.740. The first-order chi connectivity index (χ1) is 15.3. The van der Waals surface area contributed by atoms with Gasteiger partial charge >= 0.3 is 0 Å². The number of anilines is 1. The van der Waals surface area contributed by atoms with Crippen molar-refractivity contribution in [2.45, 2.75) is 32.2 Å². The molecule has 3 heterocycles. The molecule has 0 bridgehead atoms. The van der Waals surface area contributed by atoms with Crippen LogP contribution in [0.3, 0.4) is 0 Å². The minimum absolute atomic E-state index is 0.0789. The van der Waals surface area contributed by atoms with E-state index < -0.39 is 0 Å². The molecule has 1 aromatic heterocycles. The number of rotatable bonds is 4. The SMILES string of the molecule is CC1CN(CC(=O)N2CC(C)(C)c3cnc(C(=O)c4ccccc4)cc32)CCN1.COC. The molecule has 2 aliphatic heterocycles. The number of carbonyl (C=O) groups excluding carboxylic acids is 2. The van der Waals surface area contributed by atoms with Crippen molar-refractivity contribution in [1.82, 2.24) is 15.2 Å². The van der Waals surface area contributed by atoms with Crippen LogP contribution in [0.4, 0.5) is 5.69 Å². The first-order valence-corrected chi connectivity index (χ1v) is 11.0. The van der Waals surface area contributed by atoms with Crippen LogP contribution in [0.1, 0.15) is 42.4 Å². The molecule has 2 aromatic rings. The van der Waals surface area contributed by atoms with E-state index in [1.54, 1.807) is 38.6 Å². The van der Waals surface area contributed by atoms with Crippen LogP contribution >= 0.6 is 0 Å². The van der Waals surface area contributed by atoms with E-state index in [0.29, 0.717) is 30.4 Å². The van der Waals surface area contributed by atoms with Gasteiger partial charge in [-0.25, -0.2) is 0 Å². The number of benzene rings is 1. The van der Waals surface area contributed by atoms with Gasteiger partial charge in [0.1, 0.15) is 5.69 Å². The highest BCUT2D eigenvalue weighted by atomic mass is 16.4. The zero-order chi connectivity index (χ0) is 23.3. The Morgan fingerprint density at radius 3 is 2.56 bits per heavy atom. The fraction of sp³-hybridized carbons (Fsp3) is 0.480. The molecular weight excluding hydrogens is 404 g/mol. The number of amides is 1. The first-order valence-electron chi connectivity index (χ1n) is 11.0. The Hall–Kier alpha value is -2.61. The summed E-state index contributed by atoms with van der Waals surface area (Å²) in [6.07, 6.45) is 1.77. The Kier molecular flexibility index (Phi) is 7.77. The fourth-order valence-corrected chi connectivity index (χ4v) is 4.27. The normalized spacial score (nSPS) is 19.7. The highest BCUT2D eigenvalue weighted by molar-refractivity contribution is 6.09. The topological polar surface area (TPSA) is 74.8 Å². The summed E-state index contributed by atoms with van der Waals surface area (Å²) >= 11 is 0. The van der Waals surface area contributed by atoms with E-state index >= 15 is 0 Å². The van der Waals surface area contributed by atoms with Crippen molar-refractivity contribution in [3.8, 4) is 0 Å². The third kappa shape index (κ3) is 5.41. The summed E-state index contributed by atoms with van der Waals surface area (Å²) in [5.74, 6) is -0.0448. The van der Waals surface area contributed by atoms with Crippen LogP contribution < -0.4 is 10.2 Å². The molecule has 1 saturated heterocycles. The number of hydrogen-bond acceptors (Lipinski definition) is 6. The molecule has 1 aromatic carbocycles. The van der Waals surface area contributed by atoms with Crippen molar-refractivity contribution < 1.29 is 14.3 Å². The number of ketones is 1. The van der Waals surface area contributed by atoms with Crippen molar-refractivity contribution in [2.75, 3.05) is 51.8 Å². The summed E-state index contributed by atoms with van der Waals surface area (Å²) in [5.41, 5.74) is 2.62. The molecule has 0 aliphatic carbocycles. The van der Waals surface area contributed by atoms with E-state index in [2.05, 4.69) is 40.7 Å². The number of nitrogens with zero attached hydrogens (tertiary/aromatic N) is 3. The van der Waals surface area contributed by atoms with Crippen molar-refractivity contribution in [3.05, 3.63) is 59.4 Å². The van der Waals surface area contributed by atoms with Gasteiger partial charge in [-0.3, -0.25) is 19.5 Å². The lowest BCUT2D eigenvalue weighted by Gasteiger charge is -2.32. The van der Waals surface area contributed by atoms with E-state index in [-0.39, 0.29) is 17.1 Å². The molecule has 1 atom stereocenters. The second kappa shape index (κ2) is 10.3. The predicted molar refractivity (Wildman–Crippen MR) is 126 cm³/mol. The third-order valence-corrected chi connectivity index (χ3v) is 5.84. The largest absolute Gasteiger partial charge is 0.388 e. The predicted octanol–water partition coefficient (Wildman–Crippen LogP) is 2.49. The number of pyridine rings is 1. The molecule has 0 saturated carbocycles. The Bertz CT molecular complexity index is 945. The molecule has 2 aliphatic rings. The highest BCUT2D eigenvalue weighted by Crippen LogP contribution is 2.40. The van der Waals surface area contributed by atoms with Crippen molar-refractivity contribution >= 4 is 17.4 Å². The second-order valence-electron chi connectivity index (χ2n) is 9.14. The van der Waals surface area contributed by atoms with E-state index in [1.807, 2.05) is 23.1 Å². The van der Waals surface area contributed by atoms with Crippen LogP contribution in [-0.2, 0) is 14.9 Å². The van der Waals surface area contributed by atoms with E-state index in [1.165, 1.54) is 0 Å². The van der Waals surface area contributed by atoms with Crippen LogP contribution in [-0.4, -0.2) is 74.6 Å². The van der Waals surface area contributed by atoms with Gasteiger partial charge in [-0.2, -0.15) is 0 Å². The average Bonchev–Trinajstić information content (AvgIpc) is 3.05. The van der Waals surface area contributed by atoms with E-state index in [0.717, 1.165) is 30.9 Å². The molecule has 7 nitrogen and oxygen atoms in total. The number of fused-ring (bicyclic) bond motifs is 1. The van der Waals surface area contributed by atoms with Gasteiger partial charge in [0.2, 0.25) is 11.7 Å². The highest BCUT2D eigenvalue weighted by Gasteiger charge is 2.39. The summed E-state index contributed by atoms with van der Waals surface area (Å²) in [5, 5.41) is 3.41.